The highest BCUT2D eigenvalue weighted by molar-refractivity contribution is 6.16. The molecule has 0 aliphatic carbocycles. The van der Waals surface area contributed by atoms with Gasteiger partial charge in [-0.05, 0) is 43.2 Å². The first-order chi connectivity index (χ1) is 15.9. The molecule has 0 unspecified atom stereocenters. The lowest BCUT2D eigenvalue weighted by Crippen LogP contribution is -2.27. The molecule has 0 saturated carbocycles. The number of aromatic hydroxyl groups is 1. The second kappa shape index (κ2) is 10.1. The SMILES string of the molecule is COC(=O)C1=C(C)N(CCc2ccc(OC)c(OC)c2)C(=O)/C1=C\c1cccc(OC)c1O. The summed E-state index contributed by atoms with van der Waals surface area (Å²) in [7, 11) is 5.83. The van der Waals surface area contributed by atoms with Crippen LogP contribution in [0.15, 0.2) is 53.2 Å². The molecule has 2 aromatic carbocycles. The molecule has 0 fully saturated rings. The van der Waals surface area contributed by atoms with Crippen LogP contribution in [0.3, 0.4) is 0 Å². The van der Waals surface area contributed by atoms with E-state index in [1.807, 2.05) is 12.1 Å². The van der Waals surface area contributed by atoms with E-state index in [2.05, 4.69) is 0 Å². The molecular formula is C25H27NO7. The topological polar surface area (TPSA) is 94.5 Å². The van der Waals surface area contributed by atoms with Crippen LogP contribution in [0, 0.1) is 0 Å². The summed E-state index contributed by atoms with van der Waals surface area (Å²) in [5.41, 5.74) is 2.09. The zero-order valence-electron chi connectivity index (χ0n) is 19.3. The van der Waals surface area contributed by atoms with E-state index < -0.39 is 5.97 Å². The Morgan fingerprint density at radius 1 is 1.00 bits per heavy atom. The van der Waals surface area contributed by atoms with Crippen LogP contribution in [0.5, 0.6) is 23.0 Å². The Hall–Kier alpha value is -3.94. The molecule has 8 heteroatoms. The Bertz CT molecular complexity index is 1130. The standard InChI is InChI=1S/C25H27NO7/c1-15-22(25(29)33-5)18(14-17-7-6-8-20(31-3)23(17)27)24(28)26(15)12-11-16-9-10-19(30-2)21(13-16)32-4/h6-10,13-14,27H,11-12H2,1-5H3/b18-14-. The van der Waals surface area contributed by atoms with Gasteiger partial charge in [-0.2, -0.15) is 0 Å². The van der Waals surface area contributed by atoms with E-state index in [0.29, 0.717) is 35.7 Å². The number of rotatable bonds is 8. The average Bonchev–Trinajstić information content (AvgIpc) is 3.06. The first kappa shape index (κ1) is 23.7. The number of phenolic OH excluding ortho intramolecular Hbond substituents is 1. The number of carbonyl (C=O) groups excluding carboxylic acids is 2. The van der Waals surface area contributed by atoms with Gasteiger partial charge >= 0.3 is 5.97 Å². The highest BCUT2D eigenvalue weighted by atomic mass is 16.5. The van der Waals surface area contributed by atoms with Gasteiger partial charge in [-0.25, -0.2) is 4.79 Å². The maximum absolute atomic E-state index is 13.3. The van der Waals surface area contributed by atoms with Crippen LogP contribution >= 0.6 is 0 Å². The van der Waals surface area contributed by atoms with E-state index in [9.17, 15) is 14.7 Å². The van der Waals surface area contributed by atoms with Gasteiger partial charge in [0.25, 0.3) is 5.91 Å². The van der Waals surface area contributed by atoms with E-state index in [4.69, 9.17) is 18.9 Å². The van der Waals surface area contributed by atoms with Gasteiger partial charge in [-0.15, -0.1) is 0 Å². The molecule has 2 aromatic rings. The summed E-state index contributed by atoms with van der Waals surface area (Å²) in [5, 5.41) is 10.4. The van der Waals surface area contributed by atoms with Crippen molar-refractivity contribution in [3.8, 4) is 23.0 Å². The minimum atomic E-state index is -0.622. The van der Waals surface area contributed by atoms with Crippen molar-refractivity contribution in [3.05, 3.63) is 64.4 Å². The van der Waals surface area contributed by atoms with E-state index in [0.717, 1.165) is 5.56 Å². The summed E-state index contributed by atoms with van der Waals surface area (Å²) >= 11 is 0. The predicted molar refractivity (Wildman–Crippen MR) is 122 cm³/mol. The normalized spacial score (nSPS) is 14.6. The molecule has 1 aliphatic heterocycles. The van der Waals surface area contributed by atoms with Crippen molar-refractivity contribution >= 4 is 18.0 Å². The summed E-state index contributed by atoms with van der Waals surface area (Å²) in [6.07, 6.45) is 2.00. The Kier molecular flexibility index (Phi) is 7.27. The number of ether oxygens (including phenoxy) is 4. The smallest absolute Gasteiger partial charge is 0.340 e. The van der Waals surface area contributed by atoms with Crippen LogP contribution < -0.4 is 14.2 Å². The van der Waals surface area contributed by atoms with E-state index in [-0.39, 0.29) is 28.6 Å². The fourth-order valence-corrected chi connectivity index (χ4v) is 3.75. The van der Waals surface area contributed by atoms with Gasteiger partial charge in [0.2, 0.25) is 0 Å². The lowest BCUT2D eigenvalue weighted by atomic mass is 10.0. The van der Waals surface area contributed by atoms with Gasteiger partial charge in [0.15, 0.2) is 23.0 Å². The fourth-order valence-electron chi connectivity index (χ4n) is 3.75. The zero-order valence-corrected chi connectivity index (χ0v) is 19.3. The number of nitrogens with zero attached hydrogens (tertiary/aromatic N) is 1. The lowest BCUT2D eigenvalue weighted by molar-refractivity contribution is -0.136. The van der Waals surface area contributed by atoms with Gasteiger partial charge in [-0.3, -0.25) is 4.79 Å². The van der Waals surface area contributed by atoms with Crippen molar-refractivity contribution in [2.24, 2.45) is 0 Å². The number of benzene rings is 2. The first-order valence-corrected chi connectivity index (χ1v) is 10.3. The zero-order chi connectivity index (χ0) is 24.1. The highest BCUT2D eigenvalue weighted by Gasteiger charge is 2.37. The van der Waals surface area contributed by atoms with Crippen LogP contribution in [0.2, 0.25) is 0 Å². The second-order valence-electron chi connectivity index (χ2n) is 7.30. The average molecular weight is 453 g/mol. The van der Waals surface area contributed by atoms with Gasteiger partial charge in [0.05, 0.1) is 39.6 Å². The molecule has 0 saturated heterocycles. The number of hydrogen-bond donors (Lipinski definition) is 1. The molecule has 0 bridgehead atoms. The van der Waals surface area contributed by atoms with E-state index in [1.54, 1.807) is 45.4 Å². The van der Waals surface area contributed by atoms with Crippen LogP contribution in [-0.4, -0.2) is 56.9 Å². The van der Waals surface area contributed by atoms with Crippen molar-refractivity contribution in [2.75, 3.05) is 35.0 Å². The van der Waals surface area contributed by atoms with Crippen LogP contribution in [-0.2, 0) is 20.7 Å². The Balaban J connectivity index is 1.94. The largest absolute Gasteiger partial charge is 0.504 e. The molecule has 8 nitrogen and oxygen atoms in total. The molecule has 3 rings (SSSR count). The highest BCUT2D eigenvalue weighted by Crippen LogP contribution is 2.36. The summed E-state index contributed by atoms with van der Waals surface area (Å²) in [4.78, 5) is 27.4. The van der Waals surface area contributed by atoms with Crippen molar-refractivity contribution in [1.82, 2.24) is 4.90 Å². The maximum Gasteiger partial charge on any atom is 0.340 e. The fraction of sp³-hybridized carbons (Fsp3) is 0.280. The number of methoxy groups -OCH3 is 4. The summed E-state index contributed by atoms with van der Waals surface area (Å²) in [6.45, 7) is 2.03. The number of allylic oxidation sites excluding steroid dienone is 1. The molecule has 174 valence electrons. The summed E-state index contributed by atoms with van der Waals surface area (Å²) < 4.78 is 20.7. The quantitative estimate of drug-likeness (QED) is 0.484. The van der Waals surface area contributed by atoms with Crippen molar-refractivity contribution in [3.63, 3.8) is 0 Å². The Morgan fingerprint density at radius 2 is 1.70 bits per heavy atom. The number of para-hydroxylation sites is 1. The molecule has 0 aromatic heterocycles. The number of carbonyl (C=O) groups is 2. The third kappa shape index (κ3) is 4.64. The minimum Gasteiger partial charge on any atom is -0.504 e. The summed E-state index contributed by atoms with van der Waals surface area (Å²) in [5.74, 6) is 0.385. The molecule has 1 aliphatic rings. The lowest BCUT2D eigenvalue weighted by Gasteiger charge is -2.18. The monoisotopic (exact) mass is 453 g/mol. The first-order valence-electron chi connectivity index (χ1n) is 10.3. The number of amides is 1. The molecular weight excluding hydrogens is 426 g/mol. The van der Waals surface area contributed by atoms with E-state index >= 15 is 0 Å². The van der Waals surface area contributed by atoms with Gasteiger partial charge < -0.3 is 29.0 Å². The van der Waals surface area contributed by atoms with Crippen molar-refractivity contribution in [1.29, 1.82) is 0 Å². The predicted octanol–water partition coefficient (Wildman–Crippen LogP) is 3.33. The molecule has 0 spiro atoms. The second-order valence-corrected chi connectivity index (χ2v) is 7.30. The third-order valence-corrected chi connectivity index (χ3v) is 5.52. The molecule has 0 atom stereocenters. The van der Waals surface area contributed by atoms with Crippen molar-refractivity contribution in [2.45, 2.75) is 13.3 Å². The van der Waals surface area contributed by atoms with E-state index in [1.165, 1.54) is 25.2 Å². The third-order valence-electron chi connectivity index (χ3n) is 5.52. The molecule has 1 N–H and O–H groups in total. The van der Waals surface area contributed by atoms with Crippen LogP contribution in [0.25, 0.3) is 6.08 Å². The molecule has 1 heterocycles. The molecule has 1 amide bonds. The minimum absolute atomic E-state index is 0.119. The maximum atomic E-state index is 13.3. The number of hydrogen-bond acceptors (Lipinski definition) is 7. The Morgan fingerprint density at radius 3 is 2.33 bits per heavy atom. The van der Waals surface area contributed by atoms with Crippen molar-refractivity contribution < 1.29 is 33.6 Å². The Labute approximate surface area is 192 Å². The molecule has 33 heavy (non-hydrogen) atoms. The molecule has 0 radical (unpaired) electrons. The van der Waals surface area contributed by atoms with Gasteiger partial charge in [-0.1, -0.05) is 18.2 Å². The van der Waals surface area contributed by atoms with Gasteiger partial charge in [0.1, 0.15) is 0 Å². The van der Waals surface area contributed by atoms with Gasteiger partial charge in [0, 0.05) is 17.8 Å². The number of phenols is 1. The van der Waals surface area contributed by atoms with Crippen LogP contribution in [0.1, 0.15) is 18.1 Å². The summed E-state index contributed by atoms with van der Waals surface area (Å²) in [6, 6.07) is 10.5. The van der Waals surface area contributed by atoms with Crippen LogP contribution in [0.4, 0.5) is 0 Å². The number of esters is 1.